The number of nitrogen functional groups attached to an aromatic ring is 1. The largest absolute Gasteiger partial charge is 0.447 e. The zero-order chi connectivity index (χ0) is 13.6. The third-order valence-corrected chi connectivity index (χ3v) is 3.31. The second-order valence-corrected chi connectivity index (χ2v) is 4.64. The van der Waals surface area contributed by atoms with Crippen molar-refractivity contribution in [1.82, 2.24) is 14.5 Å². The monoisotopic (exact) mass is 262 g/mol. The number of aromatic nitrogens is 2. The van der Waals surface area contributed by atoms with Crippen LogP contribution in [0.25, 0.3) is 11.0 Å². The Labute approximate surface area is 108 Å². The zero-order valence-corrected chi connectivity index (χ0v) is 10.4. The number of nitrogens with two attached hydrogens (primary N) is 1. The Bertz CT molecular complexity index is 716. The van der Waals surface area contributed by atoms with Gasteiger partial charge >= 0.3 is 11.8 Å². The summed E-state index contributed by atoms with van der Waals surface area (Å²) in [4.78, 5) is 23.2. The minimum absolute atomic E-state index is 0.137. The van der Waals surface area contributed by atoms with Crippen molar-refractivity contribution >= 4 is 22.8 Å². The number of amides is 1. The Balaban J connectivity index is 2.07. The SMILES string of the molecule is Cn1c(=O)n(C[C@@H]2COC(=O)N2)c2cc(N)ccc21. The molecule has 1 aliphatic rings. The molecule has 1 amide bonds. The molecule has 1 saturated heterocycles. The maximum Gasteiger partial charge on any atom is 0.407 e. The fourth-order valence-corrected chi connectivity index (χ4v) is 2.35. The number of alkyl carbamates (subject to hydrolysis) is 1. The van der Waals surface area contributed by atoms with E-state index >= 15 is 0 Å². The van der Waals surface area contributed by atoms with Crippen molar-refractivity contribution in [3.63, 3.8) is 0 Å². The molecule has 100 valence electrons. The fourth-order valence-electron chi connectivity index (χ4n) is 2.35. The van der Waals surface area contributed by atoms with Gasteiger partial charge in [-0.15, -0.1) is 0 Å². The molecular weight excluding hydrogens is 248 g/mol. The number of ether oxygens (including phenoxy) is 1. The van der Waals surface area contributed by atoms with E-state index in [4.69, 9.17) is 10.5 Å². The van der Waals surface area contributed by atoms with Crippen LogP contribution in [0.5, 0.6) is 0 Å². The maximum absolute atomic E-state index is 12.2. The molecule has 3 rings (SSSR count). The number of nitrogens with one attached hydrogen (secondary N) is 1. The van der Waals surface area contributed by atoms with Crippen LogP contribution in [0.1, 0.15) is 0 Å². The van der Waals surface area contributed by atoms with Gasteiger partial charge in [-0.25, -0.2) is 9.59 Å². The van der Waals surface area contributed by atoms with Crippen molar-refractivity contribution < 1.29 is 9.53 Å². The molecule has 0 aliphatic carbocycles. The molecule has 1 atom stereocenters. The Morgan fingerprint density at radius 2 is 2.21 bits per heavy atom. The number of imidazole rings is 1. The highest BCUT2D eigenvalue weighted by Gasteiger charge is 2.24. The van der Waals surface area contributed by atoms with Gasteiger partial charge in [0.05, 0.1) is 23.6 Å². The second-order valence-electron chi connectivity index (χ2n) is 4.64. The Morgan fingerprint density at radius 3 is 2.89 bits per heavy atom. The van der Waals surface area contributed by atoms with Gasteiger partial charge in [0.15, 0.2) is 0 Å². The van der Waals surface area contributed by atoms with Gasteiger partial charge in [0.25, 0.3) is 0 Å². The van der Waals surface area contributed by atoms with E-state index in [-0.39, 0.29) is 18.3 Å². The standard InChI is InChI=1S/C12H14N4O3/c1-15-9-3-2-7(13)4-10(9)16(12(15)18)5-8-6-19-11(17)14-8/h2-4,8H,5-6,13H2,1H3,(H,14,17)/t8-/m1/s1. The lowest BCUT2D eigenvalue weighted by Gasteiger charge is -2.08. The molecule has 3 N–H and O–H groups in total. The molecule has 1 aliphatic heterocycles. The molecule has 7 heteroatoms. The van der Waals surface area contributed by atoms with Gasteiger partial charge in [0.2, 0.25) is 0 Å². The van der Waals surface area contributed by atoms with E-state index in [1.807, 2.05) is 6.07 Å². The fraction of sp³-hybridized carbons (Fsp3) is 0.333. The van der Waals surface area contributed by atoms with Crippen molar-refractivity contribution in [3.8, 4) is 0 Å². The number of hydrogen-bond donors (Lipinski definition) is 2. The minimum Gasteiger partial charge on any atom is -0.447 e. The summed E-state index contributed by atoms with van der Waals surface area (Å²) in [6.45, 7) is 0.634. The van der Waals surface area contributed by atoms with Gasteiger partial charge in [-0.1, -0.05) is 0 Å². The molecule has 1 aromatic carbocycles. The van der Waals surface area contributed by atoms with E-state index in [9.17, 15) is 9.59 Å². The first-order valence-corrected chi connectivity index (χ1v) is 5.94. The van der Waals surface area contributed by atoms with Crippen molar-refractivity contribution in [1.29, 1.82) is 0 Å². The van der Waals surface area contributed by atoms with Crippen LogP contribution < -0.4 is 16.7 Å². The molecular formula is C12H14N4O3. The van der Waals surface area contributed by atoms with Crippen LogP contribution in [-0.2, 0) is 18.3 Å². The lowest BCUT2D eigenvalue weighted by atomic mass is 10.2. The van der Waals surface area contributed by atoms with Gasteiger partial charge in [-0.05, 0) is 18.2 Å². The first-order chi connectivity index (χ1) is 9.06. The number of cyclic esters (lactones) is 1. The third-order valence-electron chi connectivity index (χ3n) is 3.31. The normalized spacial score (nSPS) is 18.6. The van der Waals surface area contributed by atoms with Gasteiger partial charge in [0.1, 0.15) is 6.61 Å². The average Bonchev–Trinajstić information content (AvgIpc) is 2.88. The number of anilines is 1. The topological polar surface area (TPSA) is 91.3 Å². The van der Waals surface area contributed by atoms with Crippen molar-refractivity contribution in [2.75, 3.05) is 12.3 Å². The highest BCUT2D eigenvalue weighted by molar-refractivity contribution is 5.79. The first-order valence-electron chi connectivity index (χ1n) is 5.94. The van der Waals surface area contributed by atoms with E-state index in [0.717, 1.165) is 11.0 Å². The van der Waals surface area contributed by atoms with E-state index in [1.165, 1.54) is 0 Å². The highest BCUT2D eigenvalue weighted by atomic mass is 16.6. The summed E-state index contributed by atoms with van der Waals surface area (Å²) in [6.07, 6.45) is -0.446. The van der Waals surface area contributed by atoms with Crippen molar-refractivity contribution in [2.45, 2.75) is 12.6 Å². The van der Waals surface area contributed by atoms with Crippen LogP contribution in [0.15, 0.2) is 23.0 Å². The minimum atomic E-state index is -0.446. The Morgan fingerprint density at radius 1 is 1.42 bits per heavy atom. The number of fused-ring (bicyclic) bond motifs is 1. The maximum atomic E-state index is 12.2. The molecule has 0 radical (unpaired) electrons. The molecule has 0 unspecified atom stereocenters. The second kappa shape index (κ2) is 4.04. The van der Waals surface area contributed by atoms with Gasteiger partial charge in [-0.2, -0.15) is 0 Å². The number of hydrogen-bond acceptors (Lipinski definition) is 4. The molecule has 0 bridgehead atoms. The molecule has 0 saturated carbocycles. The van der Waals surface area contributed by atoms with Crippen molar-refractivity contribution in [2.24, 2.45) is 7.05 Å². The summed E-state index contributed by atoms with van der Waals surface area (Å²) in [7, 11) is 1.71. The molecule has 19 heavy (non-hydrogen) atoms. The molecule has 1 aromatic heterocycles. The van der Waals surface area contributed by atoms with Crippen LogP contribution in [0.2, 0.25) is 0 Å². The number of carbonyl (C=O) groups is 1. The van der Waals surface area contributed by atoms with Crippen molar-refractivity contribution in [3.05, 3.63) is 28.7 Å². The smallest absolute Gasteiger partial charge is 0.407 e. The van der Waals surface area contributed by atoms with Crippen LogP contribution >= 0.6 is 0 Å². The van der Waals surface area contributed by atoms with Crippen LogP contribution in [0, 0.1) is 0 Å². The van der Waals surface area contributed by atoms with Gasteiger partial charge in [-0.3, -0.25) is 9.13 Å². The van der Waals surface area contributed by atoms with E-state index in [1.54, 1.807) is 28.3 Å². The third kappa shape index (κ3) is 1.83. The van der Waals surface area contributed by atoms with Crippen LogP contribution in [0.4, 0.5) is 10.5 Å². The zero-order valence-electron chi connectivity index (χ0n) is 10.4. The molecule has 1 fully saturated rings. The summed E-state index contributed by atoms with van der Waals surface area (Å²) >= 11 is 0. The number of rotatable bonds is 2. The molecule has 7 nitrogen and oxygen atoms in total. The summed E-state index contributed by atoms with van der Waals surface area (Å²) in [5, 5.41) is 2.66. The molecule has 2 heterocycles. The molecule has 0 spiro atoms. The predicted octanol–water partition coefficient (Wildman–Crippen LogP) is 0.0306. The average molecular weight is 262 g/mol. The van der Waals surface area contributed by atoms with E-state index < -0.39 is 6.09 Å². The summed E-state index contributed by atoms with van der Waals surface area (Å²) in [6, 6.07) is 5.13. The Kier molecular flexibility index (Phi) is 2.48. The van der Waals surface area contributed by atoms with Crippen LogP contribution in [0.3, 0.4) is 0 Å². The summed E-state index contributed by atoms with van der Waals surface area (Å²) in [5.74, 6) is 0. The summed E-state index contributed by atoms with van der Waals surface area (Å²) in [5.41, 5.74) is 7.79. The van der Waals surface area contributed by atoms with Gasteiger partial charge < -0.3 is 15.8 Å². The predicted molar refractivity (Wildman–Crippen MR) is 69.9 cm³/mol. The summed E-state index contributed by atoms with van der Waals surface area (Å²) < 4.78 is 7.99. The Hall–Kier alpha value is -2.44. The van der Waals surface area contributed by atoms with E-state index in [0.29, 0.717) is 12.2 Å². The van der Waals surface area contributed by atoms with Gasteiger partial charge in [0, 0.05) is 12.7 Å². The van der Waals surface area contributed by atoms with Crippen LogP contribution in [-0.4, -0.2) is 27.9 Å². The lowest BCUT2D eigenvalue weighted by molar-refractivity contribution is 0.176. The first kappa shape index (κ1) is 11.6. The number of benzene rings is 1. The van der Waals surface area contributed by atoms with E-state index in [2.05, 4.69) is 5.32 Å². The number of nitrogens with zero attached hydrogens (tertiary/aromatic N) is 2. The molecule has 2 aromatic rings. The lowest BCUT2D eigenvalue weighted by Crippen LogP contribution is -2.35. The number of aryl methyl sites for hydroxylation is 1. The highest BCUT2D eigenvalue weighted by Crippen LogP contribution is 2.16. The number of carbonyl (C=O) groups excluding carboxylic acids is 1. The quantitative estimate of drug-likeness (QED) is 0.747.